The number of hydrogen-bond donors (Lipinski definition) is 0. The lowest BCUT2D eigenvalue weighted by Crippen LogP contribution is -1.86. The van der Waals surface area contributed by atoms with Crippen molar-refractivity contribution < 1.29 is 0 Å². The average molecular weight is 281 g/mol. The van der Waals surface area contributed by atoms with Crippen LogP contribution in [0.5, 0.6) is 0 Å². The molecule has 0 atom stereocenters. The van der Waals surface area contributed by atoms with Crippen molar-refractivity contribution in [2.75, 3.05) is 0 Å². The highest BCUT2D eigenvalue weighted by molar-refractivity contribution is 9.10. The Labute approximate surface area is 101 Å². The van der Waals surface area contributed by atoms with Gasteiger partial charge in [0.1, 0.15) is 0 Å². The number of thioether (sulfide) groups is 1. The summed E-state index contributed by atoms with van der Waals surface area (Å²) in [5.41, 5.74) is 1.29. The molecule has 0 N–H and O–H groups in total. The molecule has 0 spiro atoms. The van der Waals surface area contributed by atoms with Gasteiger partial charge in [0.25, 0.3) is 0 Å². The van der Waals surface area contributed by atoms with E-state index in [1.54, 1.807) is 24.2 Å². The Hall–Kier alpha value is -0.870. The zero-order chi connectivity index (χ0) is 10.5. The second kappa shape index (κ2) is 5.28. The third-order valence-electron chi connectivity index (χ3n) is 1.81. The minimum Gasteiger partial charge on any atom is -0.230 e. The first-order valence-electron chi connectivity index (χ1n) is 4.49. The van der Waals surface area contributed by atoms with E-state index in [9.17, 15) is 0 Å². The van der Waals surface area contributed by atoms with Crippen LogP contribution < -0.4 is 0 Å². The molecule has 1 aromatic heterocycles. The van der Waals surface area contributed by atoms with Gasteiger partial charge in [0.05, 0.1) is 4.47 Å². The molecule has 2 nitrogen and oxygen atoms in total. The van der Waals surface area contributed by atoms with Gasteiger partial charge in [0.15, 0.2) is 5.16 Å². The van der Waals surface area contributed by atoms with Crippen molar-refractivity contribution in [1.82, 2.24) is 9.97 Å². The van der Waals surface area contributed by atoms with Gasteiger partial charge in [-0.1, -0.05) is 42.1 Å². The molecule has 0 fully saturated rings. The van der Waals surface area contributed by atoms with Crippen molar-refractivity contribution in [3.05, 3.63) is 52.8 Å². The molecule has 0 saturated carbocycles. The van der Waals surface area contributed by atoms with E-state index in [0.29, 0.717) is 0 Å². The lowest BCUT2D eigenvalue weighted by Gasteiger charge is -1.99. The van der Waals surface area contributed by atoms with Crippen LogP contribution in [0.2, 0.25) is 0 Å². The smallest absolute Gasteiger partial charge is 0.187 e. The summed E-state index contributed by atoms with van der Waals surface area (Å²) >= 11 is 4.95. The van der Waals surface area contributed by atoms with Gasteiger partial charge in [-0.05, 0) is 21.5 Å². The number of nitrogens with zero attached hydrogens (tertiary/aromatic N) is 2. The van der Waals surface area contributed by atoms with E-state index >= 15 is 0 Å². The summed E-state index contributed by atoms with van der Waals surface area (Å²) in [4.78, 5) is 8.40. The summed E-state index contributed by atoms with van der Waals surface area (Å²) in [7, 11) is 0. The predicted octanol–water partition coefficient (Wildman–Crippen LogP) is 3.53. The fourth-order valence-corrected chi connectivity index (χ4v) is 2.04. The molecule has 0 aliphatic heterocycles. The minimum absolute atomic E-state index is 0.807. The van der Waals surface area contributed by atoms with Crippen LogP contribution in [0.15, 0.2) is 52.4 Å². The lowest BCUT2D eigenvalue weighted by molar-refractivity contribution is 0.957. The van der Waals surface area contributed by atoms with Crippen LogP contribution in [0.4, 0.5) is 0 Å². The molecule has 2 aromatic rings. The van der Waals surface area contributed by atoms with Gasteiger partial charge in [-0.25, -0.2) is 9.97 Å². The Balaban J connectivity index is 1.96. The molecular formula is C11H9BrN2S. The molecule has 2 rings (SSSR count). The Morgan fingerprint density at radius 2 is 1.73 bits per heavy atom. The third-order valence-corrected chi connectivity index (χ3v) is 3.16. The average Bonchev–Trinajstić information content (AvgIpc) is 2.30. The van der Waals surface area contributed by atoms with E-state index in [1.807, 2.05) is 18.2 Å². The van der Waals surface area contributed by atoms with Gasteiger partial charge >= 0.3 is 0 Å². The number of aromatic nitrogens is 2. The molecule has 1 heterocycles. The molecule has 0 aliphatic carbocycles. The number of benzene rings is 1. The van der Waals surface area contributed by atoms with E-state index in [4.69, 9.17) is 0 Å². The fourth-order valence-electron chi connectivity index (χ4n) is 1.10. The minimum atomic E-state index is 0.807. The normalized spacial score (nSPS) is 10.2. The third kappa shape index (κ3) is 3.32. The first kappa shape index (κ1) is 10.6. The molecular weight excluding hydrogens is 272 g/mol. The van der Waals surface area contributed by atoms with Crippen LogP contribution in [0.25, 0.3) is 0 Å². The summed E-state index contributed by atoms with van der Waals surface area (Å²) in [6.45, 7) is 0. The van der Waals surface area contributed by atoms with Crippen LogP contribution in [0.1, 0.15) is 5.56 Å². The molecule has 1 aromatic carbocycles. The van der Waals surface area contributed by atoms with Crippen molar-refractivity contribution >= 4 is 27.7 Å². The van der Waals surface area contributed by atoms with Crippen LogP contribution in [-0.4, -0.2) is 9.97 Å². The van der Waals surface area contributed by atoms with Crippen LogP contribution in [0.3, 0.4) is 0 Å². The van der Waals surface area contributed by atoms with Gasteiger partial charge in [0.2, 0.25) is 0 Å². The molecule has 0 unspecified atom stereocenters. The monoisotopic (exact) mass is 280 g/mol. The van der Waals surface area contributed by atoms with E-state index in [1.165, 1.54) is 5.56 Å². The van der Waals surface area contributed by atoms with Crippen molar-refractivity contribution in [2.45, 2.75) is 10.9 Å². The first-order chi connectivity index (χ1) is 7.34. The highest BCUT2D eigenvalue weighted by Gasteiger charge is 1.98. The van der Waals surface area contributed by atoms with Gasteiger partial charge < -0.3 is 0 Å². The first-order valence-corrected chi connectivity index (χ1v) is 6.27. The summed E-state index contributed by atoms with van der Waals surface area (Å²) in [6, 6.07) is 10.3. The van der Waals surface area contributed by atoms with Crippen molar-refractivity contribution in [3.63, 3.8) is 0 Å². The van der Waals surface area contributed by atoms with E-state index in [0.717, 1.165) is 15.4 Å². The second-order valence-electron chi connectivity index (χ2n) is 2.96. The molecule has 4 heteroatoms. The van der Waals surface area contributed by atoms with Crippen molar-refractivity contribution in [1.29, 1.82) is 0 Å². The summed E-state index contributed by atoms with van der Waals surface area (Å²) in [6.07, 6.45) is 3.53. The standard InChI is InChI=1S/C11H9BrN2S/c12-10-6-13-11(14-7-10)15-8-9-4-2-1-3-5-9/h1-7H,8H2. The quantitative estimate of drug-likeness (QED) is 0.635. The maximum absolute atomic E-state index is 4.20. The Bertz CT molecular complexity index is 416. The molecule has 0 bridgehead atoms. The van der Waals surface area contributed by atoms with Gasteiger partial charge in [0, 0.05) is 18.1 Å². The summed E-state index contributed by atoms with van der Waals surface area (Å²) < 4.78 is 0.909. The molecule has 0 radical (unpaired) electrons. The lowest BCUT2D eigenvalue weighted by atomic mass is 10.2. The molecule has 0 aliphatic rings. The topological polar surface area (TPSA) is 25.8 Å². The Morgan fingerprint density at radius 1 is 1.07 bits per heavy atom. The van der Waals surface area contributed by atoms with Crippen molar-refractivity contribution in [2.24, 2.45) is 0 Å². The second-order valence-corrected chi connectivity index (χ2v) is 4.82. The zero-order valence-corrected chi connectivity index (χ0v) is 10.3. The van der Waals surface area contributed by atoms with Gasteiger partial charge in [-0.2, -0.15) is 0 Å². The number of rotatable bonds is 3. The molecule has 0 amide bonds. The molecule has 0 saturated heterocycles. The van der Waals surface area contributed by atoms with Crippen molar-refractivity contribution in [3.8, 4) is 0 Å². The van der Waals surface area contributed by atoms with Crippen LogP contribution >= 0.6 is 27.7 Å². The van der Waals surface area contributed by atoms with E-state index in [-0.39, 0.29) is 0 Å². The fraction of sp³-hybridized carbons (Fsp3) is 0.0909. The van der Waals surface area contributed by atoms with Crippen LogP contribution in [0, 0.1) is 0 Å². The number of halogens is 1. The molecule has 76 valence electrons. The highest BCUT2D eigenvalue weighted by atomic mass is 79.9. The Kier molecular flexibility index (Phi) is 3.75. The number of hydrogen-bond acceptors (Lipinski definition) is 3. The summed E-state index contributed by atoms with van der Waals surface area (Å²) in [5.74, 6) is 0.905. The highest BCUT2D eigenvalue weighted by Crippen LogP contribution is 2.19. The maximum atomic E-state index is 4.20. The maximum Gasteiger partial charge on any atom is 0.187 e. The van der Waals surface area contributed by atoms with Gasteiger partial charge in [-0.15, -0.1) is 0 Å². The van der Waals surface area contributed by atoms with Gasteiger partial charge in [-0.3, -0.25) is 0 Å². The van der Waals surface area contributed by atoms with Crippen LogP contribution in [-0.2, 0) is 5.75 Å². The zero-order valence-electron chi connectivity index (χ0n) is 7.93. The SMILES string of the molecule is Brc1cnc(SCc2ccccc2)nc1. The van der Waals surface area contributed by atoms with E-state index < -0.39 is 0 Å². The largest absolute Gasteiger partial charge is 0.230 e. The van der Waals surface area contributed by atoms with E-state index in [2.05, 4.69) is 38.0 Å². The predicted molar refractivity (Wildman–Crippen MR) is 65.7 cm³/mol. The Morgan fingerprint density at radius 3 is 2.40 bits per heavy atom. The molecule has 15 heavy (non-hydrogen) atoms. The summed E-state index contributed by atoms with van der Waals surface area (Å²) in [5, 5.41) is 0.807.